The summed E-state index contributed by atoms with van der Waals surface area (Å²) in [5.74, 6) is 0.305. The van der Waals surface area contributed by atoms with Gasteiger partial charge < -0.3 is 5.32 Å². The molecule has 1 atom stereocenters. The second kappa shape index (κ2) is 4.90. The van der Waals surface area contributed by atoms with Crippen molar-refractivity contribution in [2.45, 2.75) is 38.6 Å². The van der Waals surface area contributed by atoms with E-state index in [4.69, 9.17) is 0 Å². The van der Waals surface area contributed by atoms with Gasteiger partial charge in [-0.1, -0.05) is 6.92 Å². The topological polar surface area (TPSA) is 29.1 Å². The van der Waals surface area contributed by atoms with E-state index in [1.807, 2.05) is 6.07 Å². The molecule has 2 nitrogen and oxygen atoms in total. The second-order valence-electron chi connectivity index (χ2n) is 4.04. The smallest absolute Gasteiger partial charge is 0.174 e. The largest absolute Gasteiger partial charge is 0.314 e. The minimum absolute atomic E-state index is 0.305. The number of hydrogen-bond donors (Lipinski definition) is 1. The maximum atomic E-state index is 11.9. The van der Waals surface area contributed by atoms with Gasteiger partial charge in [0.25, 0.3) is 0 Å². The van der Waals surface area contributed by atoms with Crippen molar-refractivity contribution in [2.75, 3.05) is 6.54 Å². The van der Waals surface area contributed by atoms with Gasteiger partial charge in [-0.2, -0.15) is 0 Å². The number of rotatable bonds is 4. The Morgan fingerprint density at radius 2 is 2.47 bits per heavy atom. The van der Waals surface area contributed by atoms with Crippen LogP contribution in [-0.2, 0) is 6.42 Å². The van der Waals surface area contributed by atoms with Crippen LogP contribution in [0.25, 0.3) is 0 Å². The molecular weight excluding hydrogens is 206 g/mol. The summed E-state index contributed by atoms with van der Waals surface area (Å²) < 4.78 is 0. The predicted molar refractivity (Wildman–Crippen MR) is 63.7 cm³/mol. The number of Topliss-reactive ketones (excluding diaryl/α,β-unsaturated/α-hetero) is 1. The summed E-state index contributed by atoms with van der Waals surface area (Å²) in [6.07, 6.45) is 4.06. The zero-order valence-electron chi connectivity index (χ0n) is 9.08. The average Bonchev–Trinajstić information content (AvgIpc) is 2.86. The van der Waals surface area contributed by atoms with E-state index < -0.39 is 0 Å². The Balaban J connectivity index is 1.94. The van der Waals surface area contributed by atoms with Crippen molar-refractivity contribution in [1.29, 1.82) is 0 Å². The van der Waals surface area contributed by atoms with Crippen LogP contribution in [0.15, 0.2) is 12.1 Å². The summed E-state index contributed by atoms with van der Waals surface area (Å²) in [4.78, 5) is 14.1. The zero-order chi connectivity index (χ0) is 10.7. The molecule has 2 rings (SSSR count). The van der Waals surface area contributed by atoms with Crippen LogP contribution in [0.1, 0.15) is 40.7 Å². The van der Waals surface area contributed by atoms with Crippen molar-refractivity contribution in [3.8, 4) is 0 Å². The van der Waals surface area contributed by atoms with Gasteiger partial charge in [0.15, 0.2) is 5.78 Å². The first-order valence-electron chi connectivity index (χ1n) is 5.65. The van der Waals surface area contributed by atoms with Crippen molar-refractivity contribution < 1.29 is 4.79 Å². The molecule has 1 fully saturated rings. The molecule has 15 heavy (non-hydrogen) atoms. The monoisotopic (exact) mass is 223 g/mol. The van der Waals surface area contributed by atoms with E-state index in [0.29, 0.717) is 18.2 Å². The van der Waals surface area contributed by atoms with Crippen LogP contribution in [-0.4, -0.2) is 18.4 Å². The molecule has 1 aromatic rings. The number of hydrogen-bond acceptors (Lipinski definition) is 3. The van der Waals surface area contributed by atoms with Gasteiger partial charge >= 0.3 is 0 Å². The summed E-state index contributed by atoms with van der Waals surface area (Å²) in [6, 6.07) is 4.46. The fraction of sp³-hybridized carbons (Fsp3) is 0.583. The fourth-order valence-corrected chi connectivity index (χ4v) is 2.87. The van der Waals surface area contributed by atoms with Gasteiger partial charge in [0.1, 0.15) is 0 Å². The number of ketones is 1. The van der Waals surface area contributed by atoms with Crippen LogP contribution in [0.3, 0.4) is 0 Å². The Kier molecular flexibility index (Phi) is 3.54. The van der Waals surface area contributed by atoms with Crippen molar-refractivity contribution in [1.82, 2.24) is 5.32 Å². The van der Waals surface area contributed by atoms with Gasteiger partial charge in [0, 0.05) is 17.3 Å². The molecule has 1 saturated heterocycles. The maximum Gasteiger partial charge on any atom is 0.174 e. The van der Waals surface area contributed by atoms with E-state index in [0.717, 1.165) is 24.3 Å². The van der Waals surface area contributed by atoms with Crippen LogP contribution < -0.4 is 5.32 Å². The zero-order valence-corrected chi connectivity index (χ0v) is 9.90. The summed E-state index contributed by atoms with van der Waals surface area (Å²) in [5, 5.41) is 3.36. The fourth-order valence-electron chi connectivity index (χ4n) is 1.97. The van der Waals surface area contributed by atoms with Gasteiger partial charge in [0.2, 0.25) is 0 Å². The Morgan fingerprint density at radius 1 is 1.60 bits per heavy atom. The minimum atomic E-state index is 0.305. The Morgan fingerprint density at radius 3 is 3.07 bits per heavy atom. The Labute approximate surface area is 94.7 Å². The second-order valence-corrected chi connectivity index (χ2v) is 5.21. The van der Waals surface area contributed by atoms with Crippen LogP contribution in [0.5, 0.6) is 0 Å². The first-order chi connectivity index (χ1) is 7.29. The molecule has 1 aromatic heterocycles. The number of aryl methyl sites for hydroxylation is 1. The van der Waals surface area contributed by atoms with Crippen LogP contribution >= 0.6 is 11.3 Å². The Hall–Kier alpha value is -0.670. The van der Waals surface area contributed by atoms with Crippen molar-refractivity contribution in [3.05, 3.63) is 21.9 Å². The minimum Gasteiger partial charge on any atom is -0.314 e. The summed E-state index contributed by atoms with van der Waals surface area (Å²) >= 11 is 1.65. The van der Waals surface area contributed by atoms with E-state index in [1.54, 1.807) is 11.3 Å². The molecular formula is C12H17NOS. The highest BCUT2D eigenvalue weighted by molar-refractivity contribution is 7.14. The van der Waals surface area contributed by atoms with Crippen LogP contribution in [0.4, 0.5) is 0 Å². The van der Waals surface area contributed by atoms with Gasteiger partial charge in [-0.05, 0) is 37.9 Å². The van der Waals surface area contributed by atoms with Crippen molar-refractivity contribution in [3.63, 3.8) is 0 Å². The molecule has 0 spiro atoms. The maximum absolute atomic E-state index is 11.9. The molecule has 2 heterocycles. The Bertz CT molecular complexity index is 339. The van der Waals surface area contributed by atoms with Crippen molar-refractivity contribution >= 4 is 17.1 Å². The molecule has 0 bridgehead atoms. The molecule has 1 unspecified atom stereocenters. The third-order valence-corrected chi connectivity index (χ3v) is 4.15. The quantitative estimate of drug-likeness (QED) is 0.795. The highest BCUT2D eigenvalue weighted by Crippen LogP contribution is 2.20. The molecule has 3 heteroatoms. The average molecular weight is 223 g/mol. The first-order valence-corrected chi connectivity index (χ1v) is 6.46. The highest BCUT2D eigenvalue weighted by atomic mass is 32.1. The number of carbonyl (C=O) groups is 1. The lowest BCUT2D eigenvalue weighted by Gasteiger charge is -2.07. The molecule has 1 aliphatic heterocycles. The third-order valence-electron chi connectivity index (χ3n) is 2.88. The molecule has 1 N–H and O–H groups in total. The molecule has 82 valence electrons. The number of nitrogens with one attached hydrogen (secondary N) is 1. The summed E-state index contributed by atoms with van der Waals surface area (Å²) in [6.45, 7) is 3.20. The SMILES string of the molecule is CCc1ccc(C(=O)CC2CCCN2)s1. The van der Waals surface area contributed by atoms with E-state index >= 15 is 0 Å². The van der Waals surface area contributed by atoms with Gasteiger partial charge in [0.05, 0.1) is 4.88 Å². The van der Waals surface area contributed by atoms with Gasteiger partial charge in [-0.15, -0.1) is 11.3 Å². The van der Waals surface area contributed by atoms with E-state index in [2.05, 4.69) is 18.3 Å². The van der Waals surface area contributed by atoms with Crippen molar-refractivity contribution in [2.24, 2.45) is 0 Å². The summed E-state index contributed by atoms with van der Waals surface area (Å²) in [7, 11) is 0. The standard InChI is InChI=1S/C12H17NOS/c1-2-10-5-6-12(15-10)11(14)8-9-4-3-7-13-9/h5-6,9,13H,2-4,7-8H2,1H3. The summed E-state index contributed by atoms with van der Waals surface area (Å²) in [5.41, 5.74) is 0. The molecule has 1 aliphatic rings. The van der Waals surface area contributed by atoms with Gasteiger partial charge in [-0.25, -0.2) is 0 Å². The van der Waals surface area contributed by atoms with Crippen LogP contribution in [0.2, 0.25) is 0 Å². The molecule has 0 amide bonds. The van der Waals surface area contributed by atoms with E-state index in [9.17, 15) is 4.79 Å². The molecule has 0 aliphatic carbocycles. The molecule has 0 aromatic carbocycles. The first kappa shape index (κ1) is 10.8. The predicted octanol–water partition coefficient (Wildman–Crippen LogP) is 2.64. The number of thiophene rings is 1. The normalized spacial score (nSPS) is 20.7. The lowest BCUT2D eigenvalue weighted by Crippen LogP contribution is -2.24. The third kappa shape index (κ3) is 2.67. The highest BCUT2D eigenvalue weighted by Gasteiger charge is 2.19. The van der Waals surface area contributed by atoms with E-state index in [-0.39, 0.29) is 0 Å². The van der Waals surface area contributed by atoms with E-state index in [1.165, 1.54) is 11.3 Å². The van der Waals surface area contributed by atoms with Gasteiger partial charge in [-0.3, -0.25) is 4.79 Å². The molecule has 0 radical (unpaired) electrons. The lowest BCUT2D eigenvalue weighted by molar-refractivity contribution is 0.0975. The number of carbonyl (C=O) groups excluding carboxylic acids is 1. The lowest BCUT2D eigenvalue weighted by atomic mass is 10.1. The molecule has 0 saturated carbocycles. The van der Waals surface area contributed by atoms with Crippen LogP contribution in [0, 0.1) is 0 Å².